The minimum atomic E-state index is -4.51. The highest BCUT2D eigenvalue weighted by atomic mass is 19.4. The zero-order chi connectivity index (χ0) is 25.2. The van der Waals surface area contributed by atoms with E-state index >= 15 is 0 Å². The standard InChI is InChI=1S/C22H27F3N6O3/c1-12(2)9-30(17-18(26)31(10-13(3)4)21(33)28-20(17)32)11-16-27-19(29-34-16)14-6-5-7-15(8-14)22(23,24)25/h5-8,12-13H,9-11,26H2,1-4H3,(H,28,32,33). The molecule has 0 amide bonds. The number of H-pyrrole nitrogens is 1. The molecule has 0 saturated heterocycles. The van der Waals surface area contributed by atoms with Crippen molar-refractivity contribution in [3.63, 3.8) is 0 Å². The average Bonchev–Trinajstić information content (AvgIpc) is 3.18. The number of aromatic amines is 1. The molecule has 0 aliphatic carbocycles. The molecule has 184 valence electrons. The minimum Gasteiger partial charge on any atom is -0.383 e. The van der Waals surface area contributed by atoms with E-state index in [4.69, 9.17) is 10.3 Å². The van der Waals surface area contributed by atoms with Gasteiger partial charge < -0.3 is 15.2 Å². The molecule has 3 rings (SSSR count). The Morgan fingerprint density at radius 3 is 2.50 bits per heavy atom. The summed E-state index contributed by atoms with van der Waals surface area (Å²) in [5.41, 5.74) is 4.39. The lowest BCUT2D eigenvalue weighted by molar-refractivity contribution is -0.137. The molecule has 1 aromatic carbocycles. The van der Waals surface area contributed by atoms with Gasteiger partial charge in [0, 0.05) is 18.7 Å². The molecule has 2 heterocycles. The third-order valence-electron chi connectivity index (χ3n) is 4.91. The summed E-state index contributed by atoms with van der Waals surface area (Å²) in [5, 5.41) is 3.80. The first kappa shape index (κ1) is 25.1. The van der Waals surface area contributed by atoms with E-state index in [1.807, 2.05) is 27.7 Å². The number of benzene rings is 1. The summed E-state index contributed by atoms with van der Waals surface area (Å²) in [6.07, 6.45) is -4.51. The van der Waals surface area contributed by atoms with Crippen LogP contribution in [-0.2, 0) is 19.3 Å². The SMILES string of the molecule is CC(C)CN(Cc1nc(-c2cccc(C(F)(F)F)c2)no1)c1c(N)n(CC(C)C)c(=O)[nH]c1=O. The Labute approximate surface area is 193 Å². The highest BCUT2D eigenvalue weighted by molar-refractivity contribution is 5.62. The summed E-state index contributed by atoms with van der Waals surface area (Å²) in [5.74, 6) is 0.268. The van der Waals surface area contributed by atoms with Crippen molar-refractivity contribution in [2.24, 2.45) is 11.8 Å². The lowest BCUT2D eigenvalue weighted by Gasteiger charge is -2.26. The molecule has 0 fully saturated rings. The number of hydrogen-bond acceptors (Lipinski definition) is 7. The third-order valence-corrected chi connectivity index (χ3v) is 4.91. The van der Waals surface area contributed by atoms with Crippen LogP contribution in [0, 0.1) is 11.8 Å². The largest absolute Gasteiger partial charge is 0.416 e. The fraction of sp³-hybridized carbons (Fsp3) is 0.455. The number of nitrogen functional groups attached to an aromatic ring is 1. The van der Waals surface area contributed by atoms with Crippen LogP contribution >= 0.6 is 0 Å². The van der Waals surface area contributed by atoms with Gasteiger partial charge in [0.1, 0.15) is 11.5 Å². The highest BCUT2D eigenvalue weighted by Gasteiger charge is 2.31. The number of hydrogen-bond donors (Lipinski definition) is 2. The first-order valence-electron chi connectivity index (χ1n) is 10.7. The van der Waals surface area contributed by atoms with Gasteiger partial charge in [-0.25, -0.2) is 4.79 Å². The minimum absolute atomic E-state index is 0.0146. The van der Waals surface area contributed by atoms with Gasteiger partial charge in [-0.15, -0.1) is 0 Å². The first-order valence-corrected chi connectivity index (χ1v) is 10.7. The molecule has 3 aromatic rings. The number of rotatable bonds is 8. The van der Waals surface area contributed by atoms with Gasteiger partial charge in [-0.3, -0.25) is 14.3 Å². The molecule has 0 aliphatic heterocycles. The van der Waals surface area contributed by atoms with E-state index in [0.29, 0.717) is 13.1 Å². The maximum atomic E-state index is 13.0. The van der Waals surface area contributed by atoms with E-state index in [1.54, 1.807) is 4.90 Å². The van der Waals surface area contributed by atoms with Crippen molar-refractivity contribution in [3.05, 3.63) is 56.6 Å². The van der Waals surface area contributed by atoms with Crippen molar-refractivity contribution in [2.75, 3.05) is 17.2 Å². The molecule has 0 saturated carbocycles. The van der Waals surface area contributed by atoms with Crippen LogP contribution in [0.25, 0.3) is 11.4 Å². The summed E-state index contributed by atoms with van der Waals surface area (Å²) >= 11 is 0. The second kappa shape index (κ2) is 9.74. The van der Waals surface area contributed by atoms with Gasteiger partial charge in [-0.2, -0.15) is 18.2 Å². The van der Waals surface area contributed by atoms with Gasteiger partial charge in [0.2, 0.25) is 11.7 Å². The maximum Gasteiger partial charge on any atom is 0.416 e. The van der Waals surface area contributed by atoms with Crippen molar-refractivity contribution >= 4 is 11.5 Å². The molecule has 9 nitrogen and oxygen atoms in total. The Kier molecular flexibility index (Phi) is 7.18. The van der Waals surface area contributed by atoms with E-state index in [1.165, 1.54) is 16.7 Å². The number of alkyl halides is 3. The summed E-state index contributed by atoms with van der Waals surface area (Å²) in [6, 6.07) is 4.60. The normalized spacial score (nSPS) is 12.0. The quantitative estimate of drug-likeness (QED) is 0.506. The molecule has 12 heteroatoms. The third kappa shape index (κ3) is 5.67. The van der Waals surface area contributed by atoms with Gasteiger partial charge in [0.25, 0.3) is 5.56 Å². The predicted octanol–water partition coefficient (Wildman–Crippen LogP) is 3.51. The second-order valence-electron chi connectivity index (χ2n) is 8.86. The molecule has 0 bridgehead atoms. The summed E-state index contributed by atoms with van der Waals surface area (Å²) in [7, 11) is 0. The number of halogens is 3. The van der Waals surface area contributed by atoms with Gasteiger partial charge in [-0.1, -0.05) is 45.0 Å². The average molecular weight is 480 g/mol. The molecular formula is C22H27F3N6O3. The Balaban J connectivity index is 1.98. The smallest absolute Gasteiger partial charge is 0.383 e. The Hall–Kier alpha value is -3.57. The van der Waals surface area contributed by atoms with Crippen LogP contribution in [0.1, 0.15) is 39.1 Å². The Morgan fingerprint density at radius 2 is 1.88 bits per heavy atom. The topological polar surface area (TPSA) is 123 Å². The van der Waals surface area contributed by atoms with Crippen LogP contribution in [0.2, 0.25) is 0 Å². The van der Waals surface area contributed by atoms with Crippen LogP contribution in [0.4, 0.5) is 24.7 Å². The fourth-order valence-corrected chi connectivity index (χ4v) is 3.54. The van der Waals surface area contributed by atoms with Crippen molar-refractivity contribution in [2.45, 2.75) is 47.0 Å². The van der Waals surface area contributed by atoms with E-state index in [-0.39, 0.29) is 47.2 Å². The van der Waals surface area contributed by atoms with Gasteiger partial charge in [-0.05, 0) is 24.0 Å². The summed E-state index contributed by atoms with van der Waals surface area (Å²) in [6.45, 7) is 8.34. The van der Waals surface area contributed by atoms with Crippen molar-refractivity contribution < 1.29 is 17.7 Å². The number of nitrogens with zero attached hydrogens (tertiary/aromatic N) is 4. The van der Waals surface area contributed by atoms with E-state index in [9.17, 15) is 22.8 Å². The van der Waals surface area contributed by atoms with Crippen molar-refractivity contribution in [1.82, 2.24) is 19.7 Å². The monoisotopic (exact) mass is 480 g/mol. The molecule has 3 N–H and O–H groups in total. The molecule has 0 aliphatic rings. The van der Waals surface area contributed by atoms with Crippen LogP contribution in [0.3, 0.4) is 0 Å². The fourth-order valence-electron chi connectivity index (χ4n) is 3.54. The summed E-state index contributed by atoms with van der Waals surface area (Å²) in [4.78, 5) is 33.1. The van der Waals surface area contributed by atoms with Crippen LogP contribution < -0.4 is 21.9 Å². The lowest BCUT2D eigenvalue weighted by atomic mass is 10.1. The van der Waals surface area contributed by atoms with Gasteiger partial charge in [0.15, 0.2) is 0 Å². The first-order chi connectivity index (χ1) is 15.9. The van der Waals surface area contributed by atoms with Gasteiger partial charge >= 0.3 is 11.9 Å². The predicted molar refractivity (Wildman–Crippen MR) is 121 cm³/mol. The van der Waals surface area contributed by atoms with E-state index in [0.717, 1.165) is 12.1 Å². The second-order valence-corrected chi connectivity index (χ2v) is 8.86. The highest BCUT2D eigenvalue weighted by Crippen LogP contribution is 2.31. The zero-order valence-electron chi connectivity index (χ0n) is 19.3. The number of nitrogens with two attached hydrogens (primary N) is 1. The number of anilines is 2. The number of aromatic nitrogens is 4. The molecule has 0 radical (unpaired) electrons. The Bertz CT molecular complexity index is 1260. The maximum absolute atomic E-state index is 13.0. The molecule has 2 aromatic heterocycles. The molecule has 0 unspecified atom stereocenters. The Morgan fingerprint density at radius 1 is 1.18 bits per heavy atom. The lowest BCUT2D eigenvalue weighted by Crippen LogP contribution is -2.40. The number of nitrogens with one attached hydrogen (secondary N) is 1. The van der Waals surface area contributed by atoms with Crippen LogP contribution in [-0.4, -0.2) is 26.2 Å². The van der Waals surface area contributed by atoms with Crippen LogP contribution in [0.15, 0.2) is 38.4 Å². The van der Waals surface area contributed by atoms with Crippen molar-refractivity contribution in [1.29, 1.82) is 0 Å². The summed E-state index contributed by atoms with van der Waals surface area (Å²) < 4.78 is 45.7. The van der Waals surface area contributed by atoms with E-state index in [2.05, 4.69) is 15.1 Å². The molecule has 0 atom stereocenters. The van der Waals surface area contributed by atoms with Crippen molar-refractivity contribution in [3.8, 4) is 11.4 Å². The zero-order valence-corrected chi connectivity index (χ0v) is 19.3. The molecule has 0 spiro atoms. The molecule has 34 heavy (non-hydrogen) atoms. The van der Waals surface area contributed by atoms with E-state index < -0.39 is 23.0 Å². The van der Waals surface area contributed by atoms with Gasteiger partial charge in [0.05, 0.1) is 12.1 Å². The molecular weight excluding hydrogens is 453 g/mol. The van der Waals surface area contributed by atoms with Crippen LogP contribution in [0.5, 0.6) is 0 Å².